The summed E-state index contributed by atoms with van der Waals surface area (Å²) in [6, 6.07) is 11.9. The molecule has 0 radical (unpaired) electrons. The van der Waals surface area contributed by atoms with Crippen LogP contribution in [0.3, 0.4) is 0 Å². The van der Waals surface area contributed by atoms with Gasteiger partial charge in [-0.25, -0.2) is 0 Å². The van der Waals surface area contributed by atoms with Gasteiger partial charge in [0.2, 0.25) is 0 Å². The maximum absolute atomic E-state index is 12.5. The highest BCUT2D eigenvalue weighted by molar-refractivity contribution is 6.52. The second kappa shape index (κ2) is 7.97. The molecule has 0 atom stereocenters. The molecule has 4 rings (SSSR count). The molecule has 0 bridgehead atoms. The minimum absolute atomic E-state index is 0.395. The SMILES string of the molecule is COc1ccc(C)cc1CN1CCN(CN2C(=O)C(=O)c3cc(C)ccc32)CC1. The molecule has 0 N–H and O–H groups in total. The Morgan fingerprint density at radius 1 is 0.897 bits per heavy atom. The molecule has 2 aromatic rings. The van der Waals surface area contributed by atoms with Crippen LogP contribution in [0.25, 0.3) is 0 Å². The predicted octanol–water partition coefficient (Wildman–Crippen LogP) is 2.62. The summed E-state index contributed by atoms with van der Waals surface area (Å²) in [6.45, 7) is 8.87. The molecule has 2 aliphatic rings. The molecule has 1 saturated heterocycles. The number of nitrogens with zero attached hydrogens (tertiary/aromatic N) is 3. The Balaban J connectivity index is 1.38. The average Bonchev–Trinajstić information content (AvgIpc) is 2.94. The zero-order valence-electron chi connectivity index (χ0n) is 17.3. The Kier molecular flexibility index (Phi) is 5.39. The lowest BCUT2D eigenvalue weighted by molar-refractivity contribution is -0.114. The van der Waals surface area contributed by atoms with Crippen molar-refractivity contribution >= 4 is 17.4 Å². The van der Waals surface area contributed by atoms with Gasteiger partial charge < -0.3 is 4.74 Å². The van der Waals surface area contributed by atoms with Crippen molar-refractivity contribution in [2.75, 3.05) is 44.9 Å². The Bertz CT molecular complexity index is 948. The maximum atomic E-state index is 12.5. The van der Waals surface area contributed by atoms with Gasteiger partial charge in [0.1, 0.15) is 5.75 Å². The molecule has 1 fully saturated rings. The van der Waals surface area contributed by atoms with Crippen LogP contribution in [0.15, 0.2) is 36.4 Å². The van der Waals surface area contributed by atoms with Crippen molar-refractivity contribution in [3.8, 4) is 5.75 Å². The van der Waals surface area contributed by atoms with E-state index in [2.05, 4.69) is 28.9 Å². The van der Waals surface area contributed by atoms with Gasteiger partial charge in [-0.15, -0.1) is 0 Å². The van der Waals surface area contributed by atoms with Crippen molar-refractivity contribution in [1.29, 1.82) is 0 Å². The highest BCUT2D eigenvalue weighted by atomic mass is 16.5. The summed E-state index contributed by atoms with van der Waals surface area (Å²) < 4.78 is 5.50. The third kappa shape index (κ3) is 3.91. The highest BCUT2D eigenvalue weighted by Crippen LogP contribution is 2.30. The first-order valence-electron chi connectivity index (χ1n) is 10.0. The number of aryl methyl sites for hydroxylation is 2. The van der Waals surface area contributed by atoms with Crippen LogP contribution >= 0.6 is 0 Å². The van der Waals surface area contributed by atoms with Crippen LogP contribution in [0, 0.1) is 13.8 Å². The standard InChI is InChI=1S/C23H27N3O3/c1-16-5-7-21(29-3)18(12-16)14-24-8-10-25(11-9-24)15-26-20-6-4-17(2)13-19(20)22(27)23(26)28/h4-7,12-13H,8-11,14-15H2,1-3H3. The summed E-state index contributed by atoms with van der Waals surface area (Å²) in [5.74, 6) is 0.109. The van der Waals surface area contributed by atoms with Crippen molar-refractivity contribution in [3.63, 3.8) is 0 Å². The summed E-state index contributed by atoms with van der Waals surface area (Å²) in [6.07, 6.45) is 0. The molecule has 1 amide bonds. The normalized spacial score (nSPS) is 17.7. The quantitative estimate of drug-likeness (QED) is 0.731. The first kappa shape index (κ1) is 19.6. The molecule has 2 aromatic carbocycles. The van der Waals surface area contributed by atoms with Crippen molar-refractivity contribution in [3.05, 3.63) is 58.7 Å². The largest absolute Gasteiger partial charge is 0.496 e. The lowest BCUT2D eigenvalue weighted by atomic mass is 10.1. The topological polar surface area (TPSA) is 53.1 Å². The molecule has 29 heavy (non-hydrogen) atoms. The number of rotatable bonds is 5. The fourth-order valence-electron chi connectivity index (χ4n) is 4.12. The number of piperazine rings is 1. The lowest BCUT2D eigenvalue weighted by Crippen LogP contribution is -2.50. The molecular formula is C23H27N3O3. The molecule has 0 aliphatic carbocycles. The molecule has 0 aromatic heterocycles. The second-order valence-electron chi connectivity index (χ2n) is 7.93. The van der Waals surface area contributed by atoms with Crippen molar-refractivity contribution < 1.29 is 14.3 Å². The number of fused-ring (bicyclic) bond motifs is 1. The molecule has 0 unspecified atom stereocenters. The van der Waals surface area contributed by atoms with Crippen molar-refractivity contribution in [2.24, 2.45) is 0 Å². The summed E-state index contributed by atoms with van der Waals surface area (Å²) in [5, 5.41) is 0. The number of hydrogen-bond acceptors (Lipinski definition) is 5. The third-order valence-electron chi connectivity index (χ3n) is 5.76. The number of anilines is 1. The van der Waals surface area contributed by atoms with E-state index in [1.807, 2.05) is 31.2 Å². The van der Waals surface area contributed by atoms with E-state index < -0.39 is 11.7 Å². The first-order valence-corrected chi connectivity index (χ1v) is 10.0. The third-order valence-corrected chi connectivity index (χ3v) is 5.76. The Labute approximate surface area is 171 Å². The second-order valence-corrected chi connectivity index (χ2v) is 7.93. The van der Waals surface area contributed by atoms with Gasteiger partial charge >= 0.3 is 5.91 Å². The molecule has 152 valence electrons. The van der Waals surface area contributed by atoms with E-state index in [4.69, 9.17) is 4.74 Å². The van der Waals surface area contributed by atoms with Gasteiger partial charge in [0.25, 0.3) is 5.78 Å². The maximum Gasteiger partial charge on any atom is 0.300 e. The van der Waals surface area contributed by atoms with Crippen molar-refractivity contribution in [1.82, 2.24) is 9.80 Å². The number of methoxy groups -OCH3 is 1. The Morgan fingerprint density at radius 2 is 1.55 bits per heavy atom. The molecule has 6 heteroatoms. The number of carbonyl (C=O) groups is 2. The van der Waals surface area contributed by atoms with Crippen molar-refractivity contribution in [2.45, 2.75) is 20.4 Å². The average molecular weight is 393 g/mol. The van der Waals surface area contributed by atoms with Crippen LogP contribution in [-0.2, 0) is 11.3 Å². The number of ketones is 1. The lowest BCUT2D eigenvalue weighted by Gasteiger charge is -2.36. The van der Waals surface area contributed by atoms with E-state index in [1.54, 1.807) is 12.0 Å². The van der Waals surface area contributed by atoms with E-state index >= 15 is 0 Å². The van der Waals surface area contributed by atoms with Gasteiger partial charge in [-0.2, -0.15) is 0 Å². The van der Waals surface area contributed by atoms with Gasteiger partial charge in [0.15, 0.2) is 0 Å². The summed E-state index contributed by atoms with van der Waals surface area (Å²) in [4.78, 5) is 31.1. The molecule has 0 saturated carbocycles. The first-order chi connectivity index (χ1) is 14.0. The predicted molar refractivity (Wildman–Crippen MR) is 112 cm³/mol. The smallest absolute Gasteiger partial charge is 0.300 e. The van der Waals surface area contributed by atoms with E-state index in [0.29, 0.717) is 12.2 Å². The zero-order chi connectivity index (χ0) is 20.5. The molecule has 6 nitrogen and oxygen atoms in total. The summed E-state index contributed by atoms with van der Waals surface area (Å²) in [7, 11) is 1.71. The van der Waals surface area contributed by atoms with E-state index in [0.717, 1.165) is 49.7 Å². The summed E-state index contributed by atoms with van der Waals surface area (Å²) in [5.41, 5.74) is 4.68. The molecular weight excluding hydrogens is 366 g/mol. The Morgan fingerprint density at radius 3 is 2.28 bits per heavy atom. The van der Waals surface area contributed by atoms with E-state index in [-0.39, 0.29) is 0 Å². The highest BCUT2D eigenvalue weighted by Gasteiger charge is 2.36. The zero-order valence-corrected chi connectivity index (χ0v) is 17.3. The number of Topliss-reactive ketones (excluding diaryl/α,β-unsaturated/α-hetero) is 1. The van der Waals surface area contributed by atoms with Crippen LogP contribution in [0.1, 0.15) is 27.0 Å². The Hall–Kier alpha value is -2.70. The van der Waals surface area contributed by atoms with Gasteiger partial charge in [0.05, 0.1) is 25.0 Å². The minimum atomic E-state index is -0.419. The molecule has 2 aliphatic heterocycles. The van der Waals surface area contributed by atoms with Crippen LogP contribution in [0.4, 0.5) is 5.69 Å². The van der Waals surface area contributed by atoms with Gasteiger partial charge in [0, 0.05) is 38.3 Å². The number of carbonyl (C=O) groups excluding carboxylic acids is 2. The van der Waals surface area contributed by atoms with Gasteiger partial charge in [-0.05, 0) is 32.0 Å². The van der Waals surface area contributed by atoms with E-state index in [1.165, 1.54) is 11.1 Å². The number of benzene rings is 2. The number of ether oxygens (including phenoxy) is 1. The van der Waals surface area contributed by atoms with Crippen LogP contribution in [0.5, 0.6) is 5.75 Å². The van der Waals surface area contributed by atoms with Crippen LogP contribution in [-0.4, -0.2) is 61.4 Å². The summed E-state index contributed by atoms with van der Waals surface area (Å²) >= 11 is 0. The fraction of sp³-hybridized carbons (Fsp3) is 0.391. The van der Waals surface area contributed by atoms with E-state index in [9.17, 15) is 9.59 Å². The minimum Gasteiger partial charge on any atom is -0.496 e. The fourth-order valence-corrected chi connectivity index (χ4v) is 4.12. The number of hydrogen-bond donors (Lipinski definition) is 0. The van der Waals surface area contributed by atoms with Crippen LogP contribution in [0.2, 0.25) is 0 Å². The monoisotopic (exact) mass is 393 g/mol. The van der Waals surface area contributed by atoms with Crippen LogP contribution < -0.4 is 9.64 Å². The van der Waals surface area contributed by atoms with Gasteiger partial charge in [-0.1, -0.05) is 29.3 Å². The molecule has 2 heterocycles. The van der Waals surface area contributed by atoms with Gasteiger partial charge in [-0.3, -0.25) is 24.3 Å². The number of amides is 1. The molecule has 0 spiro atoms.